The number of amides is 1. The van der Waals surface area contributed by atoms with Gasteiger partial charge in [-0.25, -0.2) is 5.48 Å². The molecule has 0 aliphatic rings. The van der Waals surface area contributed by atoms with Crippen LogP contribution in [0.15, 0.2) is 103 Å². The van der Waals surface area contributed by atoms with Gasteiger partial charge in [0.2, 0.25) is 0 Å². The molecule has 6 heteroatoms. The van der Waals surface area contributed by atoms with Crippen LogP contribution in [0, 0.1) is 0 Å². The van der Waals surface area contributed by atoms with Gasteiger partial charge in [-0.15, -0.1) is 11.3 Å². The minimum absolute atomic E-state index is 0.172. The van der Waals surface area contributed by atoms with E-state index in [-0.39, 0.29) is 6.04 Å². The summed E-state index contributed by atoms with van der Waals surface area (Å²) in [7, 11) is 0. The van der Waals surface area contributed by atoms with E-state index in [1.807, 2.05) is 36.5 Å². The number of rotatable bonds is 10. The minimum atomic E-state index is -0.489. The zero-order chi connectivity index (χ0) is 25.5. The summed E-state index contributed by atoms with van der Waals surface area (Å²) >= 11 is 1.36. The van der Waals surface area contributed by atoms with Crippen LogP contribution in [0.1, 0.15) is 45.2 Å². The smallest absolute Gasteiger partial charge is 0.284 e. The first kappa shape index (κ1) is 24.8. The fourth-order valence-corrected chi connectivity index (χ4v) is 5.46. The van der Waals surface area contributed by atoms with Crippen molar-refractivity contribution >= 4 is 28.1 Å². The lowest BCUT2D eigenvalue weighted by atomic mass is 9.98. The summed E-state index contributed by atoms with van der Waals surface area (Å²) < 4.78 is 0. The Morgan fingerprint density at radius 2 is 1.70 bits per heavy atom. The fraction of sp³-hybridized carbons (Fsp3) is 0.161. The highest BCUT2D eigenvalue weighted by atomic mass is 32.1. The number of hydroxylamine groups is 1. The van der Waals surface area contributed by atoms with Gasteiger partial charge in [0.25, 0.3) is 5.91 Å². The van der Waals surface area contributed by atoms with Crippen molar-refractivity contribution in [3.05, 3.63) is 125 Å². The maximum absolute atomic E-state index is 11.7. The molecule has 37 heavy (non-hydrogen) atoms. The first-order chi connectivity index (χ1) is 18.2. The summed E-state index contributed by atoms with van der Waals surface area (Å²) in [5.74, 6) is -0.489. The van der Waals surface area contributed by atoms with E-state index < -0.39 is 5.91 Å². The topological polar surface area (TPSA) is 74.2 Å². The standard InChI is InChI=1S/C31H29N3O2S/c35-31(34-36)30-17-16-29(37-30)25-13-6-11-23(18-25)20-32-28(15-7-10-22-8-2-1-3-9-22)26-19-24-12-4-5-14-27(24)33-21-26/h1-6,8-9,11-14,16-19,21,28,32,36H,7,10,15,20H2,(H,34,35). The zero-order valence-electron chi connectivity index (χ0n) is 20.4. The average molecular weight is 508 g/mol. The fourth-order valence-electron chi connectivity index (χ4n) is 4.57. The van der Waals surface area contributed by atoms with Gasteiger partial charge in [-0.1, -0.05) is 66.7 Å². The van der Waals surface area contributed by atoms with Crippen LogP contribution >= 0.6 is 11.3 Å². The van der Waals surface area contributed by atoms with Gasteiger partial charge >= 0.3 is 0 Å². The highest BCUT2D eigenvalue weighted by Gasteiger charge is 2.14. The van der Waals surface area contributed by atoms with E-state index in [0.29, 0.717) is 11.4 Å². The SMILES string of the molecule is O=C(NO)c1ccc(-c2cccc(CNC(CCCc3ccccc3)c3cnc4ccccc4c3)c2)s1. The van der Waals surface area contributed by atoms with E-state index in [9.17, 15) is 4.79 Å². The maximum Gasteiger partial charge on any atom is 0.284 e. The number of aromatic nitrogens is 1. The normalized spacial score (nSPS) is 11.9. The second-order valence-corrected chi connectivity index (χ2v) is 10.2. The number of para-hydroxylation sites is 1. The molecule has 0 saturated heterocycles. The van der Waals surface area contributed by atoms with Gasteiger partial charge in [0, 0.05) is 29.0 Å². The molecule has 0 bridgehead atoms. The molecule has 0 aliphatic carbocycles. The van der Waals surface area contributed by atoms with Crippen LogP contribution in [0.5, 0.6) is 0 Å². The molecule has 1 unspecified atom stereocenters. The van der Waals surface area contributed by atoms with E-state index >= 15 is 0 Å². The van der Waals surface area contributed by atoms with Crippen molar-refractivity contribution in [3.8, 4) is 10.4 Å². The number of hydrogen-bond acceptors (Lipinski definition) is 5. The number of thiophene rings is 1. The molecule has 5 nitrogen and oxygen atoms in total. The van der Waals surface area contributed by atoms with Crippen LogP contribution in [0.4, 0.5) is 0 Å². The molecule has 0 fully saturated rings. The van der Waals surface area contributed by atoms with Crippen molar-refractivity contribution in [2.24, 2.45) is 0 Å². The molecule has 1 amide bonds. The van der Waals surface area contributed by atoms with Crippen molar-refractivity contribution in [2.75, 3.05) is 0 Å². The Morgan fingerprint density at radius 1 is 0.892 bits per heavy atom. The number of aryl methyl sites for hydroxylation is 1. The molecule has 0 radical (unpaired) electrons. The van der Waals surface area contributed by atoms with Crippen LogP contribution in [-0.4, -0.2) is 16.1 Å². The number of hydrogen-bond donors (Lipinski definition) is 3. The number of nitrogens with one attached hydrogen (secondary N) is 2. The number of nitrogens with zero attached hydrogens (tertiary/aromatic N) is 1. The number of fused-ring (bicyclic) bond motifs is 1. The second-order valence-electron chi connectivity index (χ2n) is 9.08. The van der Waals surface area contributed by atoms with Gasteiger partial charge in [0.15, 0.2) is 0 Å². The third-order valence-corrected chi connectivity index (χ3v) is 7.64. The van der Waals surface area contributed by atoms with Crippen molar-refractivity contribution in [1.29, 1.82) is 0 Å². The van der Waals surface area contributed by atoms with Crippen LogP contribution in [-0.2, 0) is 13.0 Å². The van der Waals surface area contributed by atoms with E-state index in [4.69, 9.17) is 10.2 Å². The van der Waals surface area contributed by atoms with E-state index in [0.717, 1.165) is 40.6 Å². The molecular formula is C31H29N3O2S. The van der Waals surface area contributed by atoms with E-state index in [1.54, 1.807) is 11.5 Å². The lowest BCUT2D eigenvalue weighted by Crippen LogP contribution is -2.21. The number of pyridine rings is 1. The molecule has 2 aromatic heterocycles. The lowest BCUT2D eigenvalue weighted by Gasteiger charge is -2.20. The quantitative estimate of drug-likeness (QED) is 0.141. The van der Waals surface area contributed by atoms with Crippen LogP contribution < -0.4 is 10.8 Å². The third-order valence-electron chi connectivity index (χ3n) is 6.51. The molecule has 0 spiro atoms. The van der Waals surface area contributed by atoms with Gasteiger partial charge in [-0.3, -0.25) is 15.0 Å². The number of benzene rings is 3. The van der Waals surface area contributed by atoms with Gasteiger partial charge in [0.05, 0.1) is 10.4 Å². The molecule has 3 aromatic carbocycles. The Labute approximate surface area is 220 Å². The van der Waals surface area contributed by atoms with Crippen LogP contribution in [0.25, 0.3) is 21.3 Å². The molecule has 1 atom stereocenters. The predicted molar refractivity (Wildman–Crippen MR) is 150 cm³/mol. The number of carbonyl (C=O) groups excluding carboxylic acids is 1. The summed E-state index contributed by atoms with van der Waals surface area (Å²) in [6.45, 7) is 0.714. The largest absolute Gasteiger partial charge is 0.306 e. The zero-order valence-corrected chi connectivity index (χ0v) is 21.2. The van der Waals surface area contributed by atoms with E-state index in [2.05, 4.69) is 66.0 Å². The molecule has 2 heterocycles. The van der Waals surface area contributed by atoms with Gasteiger partial charge in [0.1, 0.15) is 0 Å². The second kappa shape index (κ2) is 11.9. The van der Waals surface area contributed by atoms with Crippen molar-refractivity contribution in [3.63, 3.8) is 0 Å². The lowest BCUT2D eigenvalue weighted by molar-refractivity contribution is 0.0711. The molecule has 5 aromatic rings. The maximum atomic E-state index is 11.7. The number of carbonyl (C=O) groups is 1. The summed E-state index contributed by atoms with van der Waals surface area (Å²) in [5.41, 5.74) is 7.48. The summed E-state index contributed by atoms with van der Waals surface area (Å²) in [6.07, 6.45) is 5.11. The molecular weight excluding hydrogens is 478 g/mol. The monoisotopic (exact) mass is 507 g/mol. The van der Waals surface area contributed by atoms with Crippen LogP contribution in [0.3, 0.4) is 0 Å². The Bertz CT molecular complexity index is 1480. The Balaban J connectivity index is 1.32. The molecule has 186 valence electrons. The minimum Gasteiger partial charge on any atom is -0.306 e. The van der Waals surface area contributed by atoms with E-state index in [1.165, 1.54) is 28.0 Å². The predicted octanol–water partition coefficient (Wildman–Crippen LogP) is 6.94. The Kier molecular flexibility index (Phi) is 8.01. The molecule has 0 aliphatic heterocycles. The third kappa shape index (κ3) is 6.30. The molecule has 0 saturated carbocycles. The highest BCUT2D eigenvalue weighted by Crippen LogP contribution is 2.29. The Morgan fingerprint density at radius 3 is 2.57 bits per heavy atom. The summed E-state index contributed by atoms with van der Waals surface area (Å²) in [5, 5.41) is 13.8. The summed E-state index contributed by atoms with van der Waals surface area (Å²) in [6, 6.07) is 33.3. The average Bonchev–Trinajstić information content (AvgIpc) is 3.45. The van der Waals surface area contributed by atoms with Gasteiger partial charge in [-0.05, 0) is 71.8 Å². The van der Waals surface area contributed by atoms with Gasteiger partial charge < -0.3 is 5.32 Å². The Hall–Kier alpha value is -3.84. The molecule has 5 rings (SSSR count). The van der Waals surface area contributed by atoms with Crippen molar-refractivity contribution in [1.82, 2.24) is 15.8 Å². The summed E-state index contributed by atoms with van der Waals surface area (Å²) in [4.78, 5) is 17.9. The highest BCUT2D eigenvalue weighted by molar-refractivity contribution is 7.17. The first-order valence-electron chi connectivity index (χ1n) is 12.5. The first-order valence-corrected chi connectivity index (χ1v) is 13.3. The van der Waals surface area contributed by atoms with Gasteiger partial charge in [-0.2, -0.15) is 0 Å². The van der Waals surface area contributed by atoms with Crippen molar-refractivity contribution < 1.29 is 10.0 Å². The molecule has 3 N–H and O–H groups in total. The van der Waals surface area contributed by atoms with Crippen molar-refractivity contribution in [2.45, 2.75) is 31.8 Å². The van der Waals surface area contributed by atoms with Crippen LogP contribution in [0.2, 0.25) is 0 Å².